The molecule has 0 atom stereocenters. The zero-order chi connectivity index (χ0) is 16.2. The standard InChI is InChI=1S/C16H22N2O4/c1-16(2,15(20)21)11-17-14(19)12-3-5-13(6-4-12)18-7-9-22-10-8-18/h3-6H,7-11H2,1-2H3,(H,17,19)(H,20,21). The van der Waals surface area contributed by atoms with E-state index in [1.54, 1.807) is 26.0 Å². The quantitative estimate of drug-likeness (QED) is 0.859. The van der Waals surface area contributed by atoms with Crippen LogP contribution in [0, 0.1) is 5.41 Å². The van der Waals surface area contributed by atoms with Gasteiger partial charge in [0.1, 0.15) is 0 Å². The van der Waals surface area contributed by atoms with Crippen LogP contribution < -0.4 is 10.2 Å². The van der Waals surface area contributed by atoms with E-state index >= 15 is 0 Å². The highest BCUT2D eigenvalue weighted by Crippen LogP contribution is 2.17. The van der Waals surface area contributed by atoms with E-state index in [-0.39, 0.29) is 12.5 Å². The van der Waals surface area contributed by atoms with Crippen molar-refractivity contribution >= 4 is 17.6 Å². The average molecular weight is 306 g/mol. The summed E-state index contributed by atoms with van der Waals surface area (Å²) in [5.74, 6) is -1.20. The van der Waals surface area contributed by atoms with Gasteiger partial charge in [-0.2, -0.15) is 0 Å². The van der Waals surface area contributed by atoms with Crippen molar-refractivity contribution in [2.24, 2.45) is 5.41 Å². The molecule has 1 aliphatic rings. The Bertz CT molecular complexity index is 534. The lowest BCUT2D eigenvalue weighted by molar-refractivity contribution is -0.146. The van der Waals surface area contributed by atoms with E-state index in [4.69, 9.17) is 9.84 Å². The molecule has 22 heavy (non-hydrogen) atoms. The number of anilines is 1. The molecule has 0 bridgehead atoms. The van der Waals surface area contributed by atoms with Gasteiger partial charge in [0.05, 0.1) is 18.6 Å². The number of ether oxygens (including phenoxy) is 1. The molecule has 1 heterocycles. The number of morpholine rings is 1. The van der Waals surface area contributed by atoms with Gasteiger partial charge >= 0.3 is 5.97 Å². The van der Waals surface area contributed by atoms with Crippen LogP contribution in [-0.2, 0) is 9.53 Å². The van der Waals surface area contributed by atoms with Gasteiger partial charge in [-0.15, -0.1) is 0 Å². The van der Waals surface area contributed by atoms with Crippen LogP contribution in [-0.4, -0.2) is 49.8 Å². The first-order chi connectivity index (χ1) is 10.4. The van der Waals surface area contributed by atoms with Gasteiger partial charge in [0.2, 0.25) is 0 Å². The second kappa shape index (κ2) is 6.79. The summed E-state index contributed by atoms with van der Waals surface area (Å²) in [5, 5.41) is 11.7. The summed E-state index contributed by atoms with van der Waals surface area (Å²) in [6.07, 6.45) is 0. The second-order valence-electron chi connectivity index (χ2n) is 6.02. The molecule has 2 rings (SSSR count). The molecular weight excluding hydrogens is 284 g/mol. The van der Waals surface area contributed by atoms with Crippen molar-refractivity contribution in [3.05, 3.63) is 29.8 Å². The number of nitrogens with one attached hydrogen (secondary N) is 1. The third kappa shape index (κ3) is 3.98. The van der Waals surface area contributed by atoms with E-state index in [0.717, 1.165) is 18.8 Å². The molecule has 120 valence electrons. The fraction of sp³-hybridized carbons (Fsp3) is 0.500. The third-order valence-electron chi connectivity index (χ3n) is 3.78. The van der Waals surface area contributed by atoms with Crippen molar-refractivity contribution in [2.75, 3.05) is 37.7 Å². The van der Waals surface area contributed by atoms with Crippen LogP contribution in [0.2, 0.25) is 0 Å². The van der Waals surface area contributed by atoms with Crippen LogP contribution in [0.4, 0.5) is 5.69 Å². The molecule has 1 saturated heterocycles. The molecule has 6 nitrogen and oxygen atoms in total. The maximum absolute atomic E-state index is 12.1. The number of rotatable bonds is 5. The number of hydrogen-bond acceptors (Lipinski definition) is 4. The summed E-state index contributed by atoms with van der Waals surface area (Å²) in [6, 6.07) is 7.33. The van der Waals surface area contributed by atoms with Crippen LogP contribution in [0.3, 0.4) is 0 Å². The fourth-order valence-electron chi connectivity index (χ4n) is 2.12. The first-order valence-electron chi connectivity index (χ1n) is 7.34. The number of carbonyl (C=O) groups is 2. The van der Waals surface area contributed by atoms with Crippen LogP contribution in [0.25, 0.3) is 0 Å². The number of hydrogen-bond donors (Lipinski definition) is 2. The number of carbonyl (C=O) groups excluding carboxylic acids is 1. The van der Waals surface area contributed by atoms with E-state index < -0.39 is 11.4 Å². The van der Waals surface area contributed by atoms with Gasteiger partial charge in [-0.3, -0.25) is 9.59 Å². The summed E-state index contributed by atoms with van der Waals surface area (Å²) in [4.78, 5) is 25.3. The second-order valence-corrected chi connectivity index (χ2v) is 6.02. The molecule has 1 aromatic rings. The number of carboxylic acid groups (broad SMARTS) is 1. The first-order valence-corrected chi connectivity index (χ1v) is 7.34. The lowest BCUT2D eigenvalue weighted by Gasteiger charge is -2.28. The van der Waals surface area contributed by atoms with Crippen molar-refractivity contribution in [1.29, 1.82) is 0 Å². The zero-order valence-corrected chi connectivity index (χ0v) is 13.0. The van der Waals surface area contributed by atoms with Gasteiger partial charge in [0, 0.05) is 30.9 Å². The maximum atomic E-state index is 12.1. The lowest BCUT2D eigenvalue weighted by Crippen LogP contribution is -2.39. The highest BCUT2D eigenvalue weighted by Gasteiger charge is 2.27. The average Bonchev–Trinajstić information content (AvgIpc) is 2.53. The molecule has 0 spiro atoms. The van der Waals surface area contributed by atoms with Crippen LogP contribution in [0.5, 0.6) is 0 Å². The summed E-state index contributed by atoms with van der Waals surface area (Å²) in [7, 11) is 0. The van der Waals surface area contributed by atoms with Crippen molar-refractivity contribution < 1.29 is 19.4 Å². The normalized spacial score (nSPS) is 15.5. The lowest BCUT2D eigenvalue weighted by atomic mass is 9.94. The van der Waals surface area contributed by atoms with Gasteiger partial charge < -0.3 is 20.1 Å². The fourth-order valence-corrected chi connectivity index (χ4v) is 2.12. The SMILES string of the molecule is CC(C)(CNC(=O)c1ccc(N2CCOCC2)cc1)C(=O)O. The summed E-state index contributed by atoms with van der Waals surface area (Å²) in [5.41, 5.74) is 0.604. The third-order valence-corrected chi connectivity index (χ3v) is 3.78. The molecule has 0 saturated carbocycles. The van der Waals surface area contributed by atoms with Crippen molar-refractivity contribution in [1.82, 2.24) is 5.32 Å². The molecule has 1 amide bonds. The summed E-state index contributed by atoms with van der Waals surface area (Å²) < 4.78 is 5.31. The highest BCUT2D eigenvalue weighted by atomic mass is 16.5. The number of benzene rings is 1. The van der Waals surface area contributed by atoms with Crippen LogP contribution >= 0.6 is 0 Å². The molecule has 6 heteroatoms. The van der Waals surface area contributed by atoms with Gasteiger partial charge in [-0.05, 0) is 38.1 Å². The minimum Gasteiger partial charge on any atom is -0.481 e. The number of carboxylic acids is 1. The van der Waals surface area contributed by atoms with Crippen LogP contribution in [0.1, 0.15) is 24.2 Å². The Labute approximate surface area is 130 Å². The van der Waals surface area contributed by atoms with E-state index in [0.29, 0.717) is 18.8 Å². The van der Waals surface area contributed by atoms with Crippen molar-refractivity contribution in [3.8, 4) is 0 Å². The topological polar surface area (TPSA) is 78.9 Å². The molecule has 1 aromatic carbocycles. The van der Waals surface area contributed by atoms with E-state index in [2.05, 4.69) is 10.2 Å². The molecule has 1 fully saturated rings. The number of aliphatic carboxylic acids is 1. The predicted molar refractivity (Wildman–Crippen MR) is 83.2 cm³/mol. The molecular formula is C16H22N2O4. The smallest absolute Gasteiger partial charge is 0.310 e. The monoisotopic (exact) mass is 306 g/mol. The Morgan fingerprint density at radius 2 is 1.82 bits per heavy atom. The van der Waals surface area contributed by atoms with Gasteiger partial charge in [0.25, 0.3) is 5.91 Å². The number of amides is 1. The molecule has 0 aromatic heterocycles. The molecule has 2 N–H and O–H groups in total. The minimum absolute atomic E-state index is 0.0897. The summed E-state index contributed by atoms with van der Waals surface area (Å²) >= 11 is 0. The maximum Gasteiger partial charge on any atom is 0.310 e. The Balaban J connectivity index is 1.95. The van der Waals surface area contributed by atoms with E-state index in [1.807, 2.05) is 12.1 Å². The Hall–Kier alpha value is -2.08. The van der Waals surface area contributed by atoms with Crippen molar-refractivity contribution in [2.45, 2.75) is 13.8 Å². The number of nitrogens with zero attached hydrogens (tertiary/aromatic N) is 1. The Kier molecular flexibility index (Phi) is 5.03. The summed E-state index contributed by atoms with van der Waals surface area (Å²) in [6.45, 7) is 6.37. The van der Waals surface area contributed by atoms with E-state index in [1.165, 1.54) is 0 Å². The predicted octanol–water partition coefficient (Wildman–Crippen LogP) is 1.36. The minimum atomic E-state index is -0.983. The van der Waals surface area contributed by atoms with Gasteiger partial charge in [-0.25, -0.2) is 0 Å². The van der Waals surface area contributed by atoms with E-state index in [9.17, 15) is 9.59 Å². The Morgan fingerprint density at radius 3 is 2.36 bits per heavy atom. The van der Waals surface area contributed by atoms with Crippen LogP contribution in [0.15, 0.2) is 24.3 Å². The van der Waals surface area contributed by atoms with Gasteiger partial charge in [0.15, 0.2) is 0 Å². The molecule has 0 aliphatic carbocycles. The molecule has 1 aliphatic heterocycles. The Morgan fingerprint density at radius 1 is 1.23 bits per heavy atom. The van der Waals surface area contributed by atoms with Gasteiger partial charge in [-0.1, -0.05) is 0 Å². The highest BCUT2D eigenvalue weighted by molar-refractivity contribution is 5.94. The largest absolute Gasteiger partial charge is 0.481 e. The molecule has 0 radical (unpaired) electrons. The first kappa shape index (κ1) is 16.3. The molecule has 0 unspecified atom stereocenters. The van der Waals surface area contributed by atoms with Crippen molar-refractivity contribution in [3.63, 3.8) is 0 Å². The zero-order valence-electron chi connectivity index (χ0n) is 13.0.